The van der Waals surface area contributed by atoms with Crippen LogP contribution in [0.2, 0.25) is 0 Å². The molecule has 2 amide bonds. The molecule has 1 aliphatic rings. The molecule has 3 aromatic rings. The van der Waals surface area contributed by atoms with Crippen LogP contribution >= 0.6 is 0 Å². The van der Waals surface area contributed by atoms with E-state index in [1.165, 1.54) is 6.42 Å². The van der Waals surface area contributed by atoms with Gasteiger partial charge < -0.3 is 24.2 Å². The van der Waals surface area contributed by atoms with E-state index in [1.807, 2.05) is 19.1 Å². The van der Waals surface area contributed by atoms with Crippen LogP contribution in [0.15, 0.2) is 45.2 Å². The highest BCUT2D eigenvalue weighted by Crippen LogP contribution is 2.25. The summed E-state index contributed by atoms with van der Waals surface area (Å²) < 4.78 is 16.3. The maximum absolute atomic E-state index is 12.4. The van der Waals surface area contributed by atoms with E-state index in [1.54, 1.807) is 31.4 Å². The first kappa shape index (κ1) is 22.8. The SMILES string of the molecule is COCc1ccc(C(=O)Nc2ccc(-c3nc(CNC(=O)C4CCCCC4)c(C)o3)cc2)o1. The molecule has 1 fully saturated rings. The molecular formula is C25H29N3O5. The molecule has 0 radical (unpaired) electrons. The van der Waals surface area contributed by atoms with Crippen molar-refractivity contribution < 1.29 is 23.2 Å². The molecule has 33 heavy (non-hydrogen) atoms. The van der Waals surface area contributed by atoms with Crippen LogP contribution in [0.3, 0.4) is 0 Å². The molecule has 1 saturated carbocycles. The largest absolute Gasteiger partial charge is 0.453 e. The number of aromatic nitrogens is 1. The molecule has 0 bridgehead atoms. The number of oxazole rings is 1. The lowest BCUT2D eigenvalue weighted by atomic mass is 9.89. The van der Waals surface area contributed by atoms with Gasteiger partial charge in [-0.25, -0.2) is 4.98 Å². The third-order valence-electron chi connectivity index (χ3n) is 5.86. The van der Waals surface area contributed by atoms with E-state index in [9.17, 15) is 9.59 Å². The summed E-state index contributed by atoms with van der Waals surface area (Å²) in [7, 11) is 1.57. The molecule has 174 valence electrons. The number of amides is 2. The Kier molecular flexibility index (Phi) is 7.24. The average molecular weight is 452 g/mol. The predicted molar refractivity (Wildman–Crippen MR) is 122 cm³/mol. The molecule has 0 saturated heterocycles. The smallest absolute Gasteiger partial charge is 0.291 e. The number of ether oxygens (including phenoxy) is 1. The molecule has 8 nitrogen and oxygen atoms in total. The Morgan fingerprint density at radius 1 is 1.06 bits per heavy atom. The number of anilines is 1. The molecule has 1 aromatic carbocycles. The van der Waals surface area contributed by atoms with Gasteiger partial charge in [0.15, 0.2) is 5.76 Å². The van der Waals surface area contributed by atoms with Gasteiger partial charge in [-0.15, -0.1) is 0 Å². The standard InChI is InChI=1S/C25H29N3O5/c1-16-21(14-26-23(29)17-6-4-3-5-7-17)28-25(32-16)18-8-10-19(11-9-18)27-24(30)22-13-12-20(33-22)15-31-2/h8-13,17H,3-7,14-15H2,1-2H3,(H,26,29)(H,27,30). The predicted octanol–water partition coefficient (Wildman–Crippen LogP) is 4.84. The van der Waals surface area contributed by atoms with Crippen LogP contribution in [0.5, 0.6) is 0 Å². The Morgan fingerprint density at radius 2 is 1.82 bits per heavy atom. The maximum atomic E-state index is 12.4. The Hall–Kier alpha value is -3.39. The third kappa shape index (κ3) is 5.70. The number of nitrogens with one attached hydrogen (secondary N) is 2. The van der Waals surface area contributed by atoms with Gasteiger partial charge in [-0.2, -0.15) is 0 Å². The Morgan fingerprint density at radius 3 is 2.55 bits per heavy atom. The van der Waals surface area contributed by atoms with Crippen LogP contribution in [0.25, 0.3) is 11.5 Å². The van der Waals surface area contributed by atoms with E-state index in [0.29, 0.717) is 36.3 Å². The van der Waals surface area contributed by atoms with Crippen LogP contribution in [0.1, 0.15) is 59.9 Å². The van der Waals surface area contributed by atoms with Gasteiger partial charge >= 0.3 is 0 Å². The van der Waals surface area contributed by atoms with Gasteiger partial charge in [-0.1, -0.05) is 19.3 Å². The number of methoxy groups -OCH3 is 1. The molecule has 0 atom stereocenters. The third-order valence-corrected chi connectivity index (χ3v) is 5.86. The quantitative estimate of drug-likeness (QED) is 0.508. The summed E-state index contributed by atoms with van der Waals surface area (Å²) in [5.74, 6) is 1.83. The summed E-state index contributed by atoms with van der Waals surface area (Å²) in [5.41, 5.74) is 2.12. The van der Waals surface area contributed by atoms with Gasteiger partial charge in [-0.05, 0) is 56.2 Å². The number of rotatable bonds is 8. The van der Waals surface area contributed by atoms with E-state index >= 15 is 0 Å². The molecule has 0 spiro atoms. The first-order valence-corrected chi connectivity index (χ1v) is 11.3. The van der Waals surface area contributed by atoms with Gasteiger partial charge in [0, 0.05) is 24.3 Å². The number of furan rings is 1. The summed E-state index contributed by atoms with van der Waals surface area (Å²) in [6.45, 7) is 2.51. The van der Waals surface area contributed by atoms with Gasteiger partial charge in [0.2, 0.25) is 11.8 Å². The lowest BCUT2D eigenvalue weighted by Crippen LogP contribution is -2.31. The normalized spacial score (nSPS) is 14.2. The van der Waals surface area contributed by atoms with Gasteiger partial charge in [0.1, 0.15) is 23.8 Å². The van der Waals surface area contributed by atoms with Crippen molar-refractivity contribution in [1.82, 2.24) is 10.3 Å². The fraction of sp³-hybridized carbons (Fsp3) is 0.400. The number of carbonyl (C=O) groups is 2. The first-order chi connectivity index (χ1) is 16.0. The second-order valence-corrected chi connectivity index (χ2v) is 8.31. The summed E-state index contributed by atoms with van der Waals surface area (Å²) in [4.78, 5) is 29.3. The highest BCUT2D eigenvalue weighted by atomic mass is 16.5. The molecule has 2 N–H and O–H groups in total. The highest BCUT2D eigenvalue weighted by Gasteiger charge is 2.21. The molecule has 8 heteroatoms. The number of benzene rings is 1. The second kappa shape index (κ2) is 10.5. The fourth-order valence-corrected chi connectivity index (χ4v) is 4.00. The zero-order valence-electron chi connectivity index (χ0n) is 19.0. The van der Waals surface area contributed by atoms with E-state index in [0.717, 1.165) is 36.9 Å². The van der Waals surface area contributed by atoms with Crippen molar-refractivity contribution in [2.24, 2.45) is 5.92 Å². The number of carbonyl (C=O) groups excluding carboxylic acids is 2. The van der Waals surface area contributed by atoms with Crippen LogP contribution in [0, 0.1) is 12.8 Å². The monoisotopic (exact) mass is 451 g/mol. The molecule has 0 unspecified atom stereocenters. The zero-order chi connectivity index (χ0) is 23.2. The van der Waals surface area contributed by atoms with Crippen molar-refractivity contribution in [3.63, 3.8) is 0 Å². The minimum atomic E-state index is -0.340. The number of aryl methyl sites for hydroxylation is 1. The minimum Gasteiger partial charge on any atom is -0.453 e. The molecule has 0 aliphatic heterocycles. The average Bonchev–Trinajstić information content (AvgIpc) is 3.45. The summed E-state index contributed by atoms with van der Waals surface area (Å²) >= 11 is 0. The Bertz CT molecular complexity index is 1090. The molecule has 2 heterocycles. The molecule has 4 rings (SSSR count). The van der Waals surface area contributed by atoms with Crippen LogP contribution in [-0.4, -0.2) is 23.9 Å². The summed E-state index contributed by atoms with van der Waals surface area (Å²) in [6.07, 6.45) is 5.39. The fourth-order valence-electron chi connectivity index (χ4n) is 4.00. The first-order valence-electron chi connectivity index (χ1n) is 11.3. The van der Waals surface area contributed by atoms with Crippen molar-refractivity contribution in [3.05, 3.63) is 59.4 Å². The molecular weight excluding hydrogens is 422 g/mol. The van der Waals surface area contributed by atoms with Crippen LogP contribution < -0.4 is 10.6 Å². The maximum Gasteiger partial charge on any atom is 0.291 e. The lowest BCUT2D eigenvalue weighted by molar-refractivity contribution is -0.126. The number of hydrogen-bond donors (Lipinski definition) is 2. The van der Waals surface area contributed by atoms with Gasteiger partial charge in [-0.3, -0.25) is 9.59 Å². The summed E-state index contributed by atoms with van der Waals surface area (Å²) in [5, 5.41) is 5.81. The topological polar surface area (TPSA) is 107 Å². The zero-order valence-corrected chi connectivity index (χ0v) is 19.0. The lowest BCUT2D eigenvalue weighted by Gasteiger charge is -2.20. The summed E-state index contributed by atoms with van der Waals surface area (Å²) in [6, 6.07) is 10.5. The van der Waals surface area contributed by atoms with E-state index in [2.05, 4.69) is 15.6 Å². The highest BCUT2D eigenvalue weighted by molar-refractivity contribution is 6.02. The van der Waals surface area contributed by atoms with Crippen molar-refractivity contribution in [1.29, 1.82) is 0 Å². The van der Waals surface area contributed by atoms with E-state index in [4.69, 9.17) is 13.6 Å². The Labute approximate surface area is 192 Å². The molecule has 2 aromatic heterocycles. The minimum absolute atomic E-state index is 0.102. The number of nitrogens with zero attached hydrogens (tertiary/aromatic N) is 1. The Balaban J connectivity index is 1.35. The van der Waals surface area contributed by atoms with Gasteiger partial charge in [0.05, 0.1) is 6.54 Å². The van der Waals surface area contributed by atoms with Gasteiger partial charge in [0.25, 0.3) is 5.91 Å². The number of hydrogen-bond acceptors (Lipinski definition) is 6. The van der Waals surface area contributed by atoms with E-state index < -0.39 is 0 Å². The van der Waals surface area contributed by atoms with Crippen molar-refractivity contribution >= 4 is 17.5 Å². The van der Waals surface area contributed by atoms with Crippen LogP contribution in [0.4, 0.5) is 5.69 Å². The molecule has 1 aliphatic carbocycles. The van der Waals surface area contributed by atoms with Crippen molar-refractivity contribution in [2.45, 2.75) is 52.2 Å². The second-order valence-electron chi connectivity index (χ2n) is 8.31. The van der Waals surface area contributed by atoms with Crippen molar-refractivity contribution in [2.75, 3.05) is 12.4 Å². The van der Waals surface area contributed by atoms with E-state index in [-0.39, 0.29) is 23.5 Å². The van der Waals surface area contributed by atoms with Crippen LogP contribution in [-0.2, 0) is 22.7 Å². The van der Waals surface area contributed by atoms with Crippen molar-refractivity contribution in [3.8, 4) is 11.5 Å².